The average molecular weight is 279 g/mol. The van der Waals surface area contributed by atoms with Crippen LogP contribution in [0.25, 0.3) is 5.69 Å². The van der Waals surface area contributed by atoms with E-state index in [4.69, 9.17) is 10.7 Å². The number of rotatable bonds is 2. The summed E-state index contributed by atoms with van der Waals surface area (Å²) in [5.74, 6) is -1.59. The zero-order chi connectivity index (χ0) is 12.6. The van der Waals surface area contributed by atoms with Crippen molar-refractivity contribution in [2.45, 2.75) is 4.90 Å². The zero-order valence-corrected chi connectivity index (χ0v) is 9.71. The second-order valence-corrected chi connectivity index (χ2v) is 5.72. The van der Waals surface area contributed by atoms with Crippen molar-refractivity contribution in [2.75, 3.05) is 0 Å². The number of halogens is 3. The van der Waals surface area contributed by atoms with E-state index in [1.807, 2.05) is 0 Å². The lowest BCUT2D eigenvalue weighted by Crippen LogP contribution is -1.98. The van der Waals surface area contributed by atoms with Crippen molar-refractivity contribution in [2.24, 2.45) is 0 Å². The molecule has 0 aliphatic carbocycles. The predicted octanol–water partition coefficient (Wildman–Crippen LogP) is 2.08. The molecule has 0 N–H and O–H groups in total. The van der Waals surface area contributed by atoms with Gasteiger partial charge in [0, 0.05) is 16.7 Å². The van der Waals surface area contributed by atoms with E-state index in [0.717, 1.165) is 29.2 Å². The van der Waals surface area contributed by atoms with E-state index in [1.54, 1.807) is 0 Å². The molecule has 0 aliphatic heterocycles. The summed E-state index contributed by atoms with van der Waals surface area (Å²) in [5, 5.41) is 3.63. The first-order valence-corrected chi connectivity index (χ1v) is 6.63. The van der Waals surface area contributed by atoms with Gasteiger partial charge in [0.1, 0.15) is 16.4 Å². The Bertz CT molecular complexity index is 669. The van der Waals surface area contributed by atoms with E-state index >= 15 is 0 Å². The van der Waals surface area contributed by atoms with Gasteiger partial charge in [-0.25, -0.2) is 21.9 Å². The van der Waals surface area contributed by atoms with Crippen molar-refractivity contribution < 1.29 is 17.2 Å². The van der Waals surface area contributed by atoms with Crippen LogP contribution in [0.1, 0.15) is 0 Å². The maximum atomic E-state index is 13.4. The fourth-order valence-corrected chi connectivity index (χ4v) is 1.87. The van der Waals surface area contributed by atoms with Gasteiger partial charge in [0.2, 0.25) is 0 Å². The highest BCUT2D eigenvalue weighted by Crippen LogP contribution is 2.18. The van der Waals surface area contributed by atoms with Crippen LogP contribution in [0.15, 0.2) is 35.5 Å². The van der Waals surface area contributed by atoms with Crippen molar-refractivity contribution in [1.82, 2.24) is 9.78 Å². The quantitative estimate of drug-likeness (QED) is 0.790. The molecule has 17 heavy (non-hydrogen) atoms. The Balaban J connectivity index is 2.51. The number of aromatic nitrogens is 2. The number of hydrogen-bond donors (Lipinski definition) is 0. The monoisotopic (exact) mass is 278 g/mol. The van der Waals surface area contributed by atoms with Gasteiger partial charge in [0.05, 0.1) is 12.4 Å². The van der Waals surface area contributed by atoms with Crippen molar-refractivity contribution in [1.29, 1.82) is 0 Å². The fraction of sp³-hybridized carbons (Fsp3) is 0. The van der Waals surface area contributed by atoms with Gasteiger partial charge in [-0.15, -0.1) is 0 Å². The first-order chi connectivity index (χ1) is 7.88. The molecule has 0 spiro atoms. The van der Waals surface area contributed by atoms with E-state index < -0.39 is 20.7 Å². The molecule has 1 heterocycles. The van der Waals surface area contributed by atoms with Crippen LogP contribution in [0.2, 0.25) is 0 Å². The van der Waals surface area contributed by atoms with Crippen molar-refractivity contribution >= 4 is 19.7 Å². The molecular weight excluding hydrogens is 274 g/mol. The third-order valence-electron chi connectivity index (χ3n) is 2.00. The Kier molecular flexibility index (Phi) is 2.88. The summed E-state index contributed by atoms with van der Waals surface area (Å²) in [4.78, 5) is -0.261. The fourth-order valence-electron chi connectivity index (χ4n) is 1.23. The number of nitrogens with zero attached hydrogens (tertiary/aromatic N) is 2. The van der Waals surface area contributed by atoms with Gasteiger partial charge < -0.3 is 0 Å². The molecule has 8 heteroatoms. The first-order valence-electron chi connectivity index (χ1n) is 4.33. The van der Waals surface area contributed by atoms with Gasteiger partial charge >= 0.3 is 0 Å². The molecular formula is C9H5ClF2N2O2S. The van der Waals surface area contributed by atoms with E-state index in [9.17, 15) is 17.2 Å². The smallest absolute Gasteiger partial charge is 0.237 e. The molecule has 0 unspecified atom stereocenters. The first kappa shape index (κ1) is 12.0. The summed E-state index contributed by atoms with van der Waals surface area (Å²) in [7, 11) is 1.17. The summed E-state index contributed by atoms with van der Waals surface area (Å²) in [5.41, 5.74) is -0.0713. The summed E-state index contributed by atoms with van der Waals surface area (Å²) < 4.78 is 48.9. The molecule has 0 amide bonds. The average Bonchev–Trinajstić information content (AvgIpc) is 2.65. The number of hydrogen-bond acceptors (Lipinski definition) is 3. The minimum Gasteiger partial charge on any atom is -0.237 e. The van der Waals surface area contributed by atoms with Gasteiger partial charge in [-0.1, -0.05) is 0 Å². The molecule has 2 aromatic rings. The van der Waals surface area contributed by atoms with Crippen LogP contribution < -0.4 is 0 Å². The Morgan fingerprint density at radius 1 is 1.29 bits per heavy atom. The molecule has 0 atom stereocenters. The molecule has 2 rings (SSSR count). The molecule has 0 radical (unpaired) electrons. The molecule has 0 saturated heterocycles. The number of benzene rings is 1. The highest BCUT2D eigenvalue weighted by atomic mass is 35.7. The summed E-state index contributed by atoms with van der Waals surface area (Å²) in [6, 6.07) is 2.85. The standard InChI is InChI=1S/C9H5ClF2N2O2S/c10-17(15,16)7-4-13-14(5-7)9-2-1-6(11)3-8(9)12/h1-5H. The molecule has 0 fully saturated rings. The second kappa shape index (κ2) is 4.08. The normalized spacial score (nSPS) is 11.7. The summed E-state index contributed by atoms with van der Waals surface area (Å²) in [6.07, 6.45) is 2.02. The van der Waals surface area contributed by atoms with Crippen LogP contribution in [-0.2, 0) is 9.05 Å². The Hall–Kier alpha value is -1.47. The van der Waals surface area contributed by atoms with Crippen molar-refractivity contribution in [3.63, 3.8) is 0 Å². The maximum Gasteiger partial charge on any atom is 0.264 e. The van der Waals surface area contributed by atoms with Gasteiger partial charge in [-0.05, 0) is 12.1 Å². The van der Waals surface area contributed by atoms with Crippen LogP contribution in [0.5, 0.6) is 0 Å². The minimum absolute atomic E-state index is 0.0713. The van der Waals surface area contributed by atoms with Crippen LogP contribution in [0, 0.1) is 11.6 Å². The van der Waals surface area contributed by atoms with Crippen LogP contribution >= 0.6 is 10.7 Å². The van der Waals surface area contributed by atoms with Crippen molar-refractivity contribution in [3.05, 3.63) is 42.2 Å². The SMILES string of the molecule is O=S(=O)(Cl)c1cnn(-c2ccc(F)cc2F)c1. The third kappa shape index (κ3) is 2.45. The Morgan fingerprint density at radius 2 is 2.00 bits per heavy atom. The molecule has 0 saturated carbocycles. The largest absolute Gasteiger partial charge is 0.264 e. The third-order valence-corrected chi connectivity index (χ3v) is 3.31. The highest BCUT2D eigenvalue weighted by molar-refractivity contribution is 8.13. The van der Waals surface area contributed by atoms with E-state index in [-0.39, 0.29) is 10.6 Å². The summed E-state index contributed by atoms with van der Waals surface area (Å²) in [6.45, 7) is 0. The van der Waals surface area contributed by atoms with Crippen LogP contribution in [-0.4, -0.2) is 18.2 Å². The van der Waals surface area contributed by atoms with Gasteiger partial charge in [-0.2, -0.15) is 5.10 Å². The van der Waals surface area contributed by atoms with Gasteiger partial charge in [-0.3, -0.25) is 0 Å². The topological polar surface area (TPSA) is 52.0 Å². The maximum absolute atomic E-state index is 13.4. The molecule has 0 bridgehead atoms. The minimum atomic E-state index is -3.92. The Labute approximate surface area is 99.9 Å². The van der Waals surface area contributed by atoms with E-state index in [1.165, 1.54) is 0 Å². The van der Waals surface area contributed by atoms with Crippen molar-refractivity contribution in [3.8, 4) is 5.69 Å². The lowest BCUT2D eigenvalue weighted by Gasteiger charge is -2.02. The van der Waals surface area contributed by atoms with Crippen LogP contribution in [0.3, 0.4) is 0 Å². The highest BCUT2D eigenvalue weighted by Gasteiger charge is 2.14. The lowest BCUT2D eigenvalue weighted by atomic mass is 10.3. The van der Waals surface area contributed by atoms with E-state index in [0.29, 0.717) is 6.07 Å². The predicted molar refractivity (Wildman–Crippen MR) is 56.5 cm³/mol. The Morgan fingerprint density at radius 3 is 2.53 bits per heavy atom. The van der Waals surface area contributed by atoms with Gasteiger partial charge in [0.25, 0.3) is 9.05 Å². The molecule has 1 aromatic carbocycles. The molecule has 0 aliphatic rings. The lowest BCUT2D eigenvalue weighted by molar-refractivity contribution is 0.573. The second-order valence-electron chi connectivity index (χ2n) is 3.15. The van der Waals surface area contributed by atoms with Gasteiger partial charge in [0.15, 0.2) is 5.82 Å². The van der Waals surface area contributed by atoms with E-state index in [2.05, 4.69) is 5.10 Å². The molecule has 1 aromatic heterocycles. The molecule has 90 valence electrons. The molecule has 4 nitrogen and oxygen atoms in total. The summed E-state index contributed by atoms with van der Waals surface area (Å²) >= 11 is 0. The zero-order valence-electron chi connectivity index (χ0n) is 8.14. The van der Waals surface area contributed by atoms with Crippen LogP contribution in [0.4, 0.5) is 8.78 Å².